The highest BCUT2D eigenvalue weighted by atomic mass is 16.5. The third-order valence-corrected chi connectivity index (χ3v) is 3.94. The summed E-state index contributed by atoms with van der Waals surface area (Å²) in [5, 5.41) is 0. The molecule has 96 valence electrons. The van der Waals surface area contributed by atoms with Crippen LogP contribution in [0, 0.1) is 5.92 Å². The van der Waals surface area contributed by atoms with Gasteiger partial charge in [0, 0.05) is 23.5 Å². The van der Waals surface area contributed by atoms with Crippen molar-refractivity contribution in [3.8, 4) is 0 Å². The number of hydrogen-bond donors (Lipinski definition) is 0. The van der Waals surface area contributed by atoms with Crippen LogP contribution < -0.4 is 0 Å². The first kappa shape index (κ1) is 12.0. The summed E-state index contributed by atoms with van der Waals surface area (Å²) < 4.78 is 6.24. The molecule has 0 spiro atoms. The molecule has 1 unspecified atom stereocenters. The molecule has 3 rings (SSSR count). The highest BCUT2D eigenvalue weighted by Gasteiger charge is 2.47. The first-order valence-corrected chi connectivity index (χ1v) is 6.71. The van der Waals surface area contributed by atoms with Crippen LogP contribution in [0.3, 0.4) is 0 Å². The molecule has 1 nitrogen and oxygen atoms in total. The molecule has 2 aromatic rings. The van der Waals surface area contributed by atoms with Gasteiger partial charge < -0.3 is 4.74 Å². The monoisotopic (exact) mass is 250 g/mol. The van der Waals surface area contributed by atoms with E-state index in [-0.39, 0.29) is 5.60 Å². The molecule has 1 heterocycles. The summed E-state index contributed by atoms with van der Waals surface area (Å²) in [5.74, 6) is 1.25. The Labute approximate surface area is 114 Å². The molecule has 0 amide bonds. The Kier molecular flexibility index (Phi) is 2.90. The maximum Gasteiger partial charge on any atom is 0.161 e. The summed E-state index contributed by atoms with van der Waals surface area (Å²) in [4.78, 5) is 0. The van der Waals surface area contributed by atoms with E-state index in [1.54, 1.807) is 0 Å². The molecule has 1 heteroatoms. The minimum absolute atomic E-state index is 0.379. The lowest BCUT2D eigenvalue weighted by atomic mass is 9.77. The number of ether oxygens (including phenoxy) is 1. The van der Waals surface area contributed by atoms with E-state index in [2.05, 4.69) is 62.0 Å². The maximum absolute atomic E-state index is 6.24. The molecule has 0 aliphatic carbocycles. The zero-order valence-electron chi connectivity index (χ0n) is 11.2. The topological polar surface area (TPSA) is 9.23 Å². The minimum Gasteiger partial charge on any atom is -0.482 e. The smallest absolute Gasteiger partial charge is 0.161 e. The lowest BCUT2D eigenvalue weighted by Gasteiger charge is -2.33. The van der Waals surface area contributed by atoms with Crippen LogP contribution in [0.1, 0.15) is 24.5 Å². The molecule has 1 saturated heterocycles. The average Bonchev–Trinajstić information content (AvgIpc) is 2.76. The summed E-state index contributed by atoms with van der Waals surface area (Å²) >= 11 is 0. The predicted molar refractivity (Wildman–Crippen MR) is 77.7 cm³/mol. The van der Waals surface area contributed by atoms with E-state index < -0.39 is 0 Å². The molecular weight excluding hydrogens is 232 g/mol. The molecule has 0 radical (unpaired) electrons. The number of hydrogen-bond acceptors (Lipinski definition) is 1. The maximum atomic E-state index is 6.24. The Balaban J connectivity index is 2.20. The largest absolute Gasteiger partial charge is 0.482 e. The molecule has 1 atom stereocenters. The number of benzene rings is 2. The lowest BCUT2D eigenvalue weighted by molar-refractivity contribution is 0.0480. The van der Waals surface area contributed by atoms with Crippen molar-refractivity contribution < 1.29 is 4.74 Å². The predicted octanol–water partition coefficient (Wildman–Crippen LogP) is 4.50. The van der Waals surface area contributed by atoms with Crippen LogP contribution in [0.25, 0.3) is 0 Å². The van der Waals surface area contributed by atoms with Crippen molar-refractivity contribution in [1.82, 2.24) is 0 Å². The van der Waals surface area contributed by atoms with Crippen LogP contribution in [-0.2, 0) is 10.3 Å². The summed E-state index contributed by atoms with van der Waals surface area (Å²) in [6, 6.07) is 20.9. The third-order valence-electron chi connectivity index (χ3n) is 3.94. The Hall–Kier alpha value is -2.02. The standard InChI is InChI=1S/C18H18O/c1-14-13-15(2)19-18(14,16-9-5-3-6-10-16)17-11-7-4-8-12-17/h3-12,14H,2,13H2,1H3. The van der Waals surface area contributed by atoms with E-state index in [4.69, 9.17) is 4.74 Å². The molecule has 0 bridgehead atoms. The van der Waals surface area contributed by atoms with Crippen molar-refractivity contribution in [3.63, 3.8) is 0 Å². The second-order valence-corrected chi connectivity index (χ2v) is 5.21. The second kappa shape index (κ2) is 4.58. The number of rotatable bonds is 2. The van der Waals surface area contributed by atoms with E-state index in [0.717, 1.165) is 12.2 Å². The normalized spacial score (nSPS) is 21.1. The Bertz CT molecular complexity index is 532. The van der Waals surface area contributed by atoms with Gasteiger partial charge in [-0.1, -0.05) is 74.2 Å². The minimum atomic E-state index is -0.389. The fraction of sp³-hybridized carbons (Fsp3) is 0.222. The molecule has 1 aliphatic rings. The molecule has 0 N–H and O–H groups in total. The van der Waals surface area contributed by atoms with Gasteiger partial charge in [-0.2, -0.15) is 0 Å². The van der Waals surface area contributed by atoms with E-state index in [9.17, 15) is 0 Å². The average molecular weight is 250 g/mol. The van der Waals surface area contributed by atoms with Crippen LogP contribution >= 0.6 is 0 Å². The van der Waals surface area contributed by atoms with Crippen molar-refractivity contribution >= 4 is 0 Å². The summed E-state index contributed by atoms with van der Waals surface area (Å²) in [5.41, 5.74) is 2.01. The van der Waals surface area contributed by atoms with Gasteiger partial charge in [-0.3, -0.25) is 0 Å². The first-order valence-electron chi connectivity index (χ1n) is 6.71. The van der Waals surface area contributed by atoms with Gasteiger partial charge in [-0.25, -0.2) is 0 Å². The van der Waals surface area contributed by atoms with Crippen molar-refractivity contribution in [2.45, 2.75) is 18.9 Å². The van der Waals surface area contributed by atoms with E-state index in [1.807, 2.05) is 12.1 Å². The van der Waals surface area contributed by atoms with Crippen LogP contribution in [0.15, 0.2) is 73.0 Å². The van der Waals surface area contributed by atoms with Gasteiger partial charge in [0.05, 0.1) is 5.76 Å². The van der Waals surface area contributed by atoms with E-state index in [1.165, 1.54) is 11.1 Å². The molecule has 0 aromatic heterocycles. The van der Waals surface area contributed by atoms with Crippen LogP contribution in [-0.4, -0.2) is 0 Å². The van der Waals surface area contributed by atoms with Gasteiger partial charge >= 0.3 is 0 Å². The molecule has 1 fully saturated rings. The van der Waals surface area contributed by atoms with Crippen molar-refractivity contribution in [3.05, 3.63) is 84.1 Å². The Morgan fingerprint density at radius 3 is 1.79 bits per heavy atom. The van der Waals surface area contributed by atoms with Gasteiger partial charge in [0.2, 0.25) is 0 Å². The molecule has 2 aromatic carbocycles. The fourth-order valence-electron chi connectivity index (χ4n) is 3.08. The van der Waals surface area contributed by atoms with E-state index in [0.29, 0.717) is 5.92 Å². The van der Waals surface area contributed by atoms with Crippen LogP contribution in [0.5, 0.6) is 0 Å². The van der Waals surface area contributed by atoms with Gasteiger partial charge in [0.1, 0.15) is 0 Å². The van der Waals surface area contributed by atoms with Gasteiger partial charge in [-0.05, 0) is 0 Å². The quantitative estimate of drug-likeness (QED) is 0.762. The van der Waals surface area contributed by atoms with Crippen molar-refractivity contribution in [1.29, 1.82) is 0 Å². The third kappa shape index (κ3) is 1.86. The zero-order chi connectivity index (χ0) is 13.3. The highest BCUT2D eigenvalue weighted by Crippen LogP contribution is 2.49. The Morgan fingerprint density at radius 1 is 0.947 bits per heavy atom. The molecule has 1 aliphatic heterocycles. The Morgan fingerprint density at radius 2 is 1.42 bits per heavy atom. The summed E-state index contributed by atoms with van der Waals surface area (Å²) in [6.45, 7) is 6.26. The first-order chi connectivity index (χ1) is 9.23. The SMILES string of the molecule is C=C1CC(C)C(c2ccccc2)(c2ccccc2)O1. The zero-order valence-corrected chi connectivity index (χ0v) is 11.2. The summed E-state index contributed by atoms with van der Waals surface area (Å²) in [6.07, 6.45) is 0.907. The van der Waals surface area contributed by atoms with E-state index >= 15 is 0 Å². The van der Waals surface area contributed by atoms with Crippen LogP contribution in [0.4, 0.5) is 0 Å². The highest BCUT2D eigenvalue weighted by molar-refractivity contribution is 5.39. The fourth-order valence-corrected chi connectivity index (χ4v) is 3.08. The van der Waals surface area contributed by atoms with Crippen molar-refractivity contribution in [2.75, 3.05) is 0 Å². The van der Waals surface area contributed by atoms with Gasteiger partial charge in [0.25, 0.3) is 0 Å². The van der Waals surface area contributed by atoms with Gasteiger partial charge in [-0.15, -0.1) is 0 Å². The molecule has 0 saturated carbocycles. The second-order valence-electron chi connectivity index (χ2n) is 5.21. The van der Waals surface area contributed by atoms with Crippen LogP contribution in [0.2, 0.25) is 0 Å². The van der Waals surface area contributed by atoms with Gasteiger partial charge in [0.15, 0.2) is 5.60 Å². The molecular formula is C18H18O. The lowest BCUT2D eigenvalue weighted by Crippen LogP contribution is -2.32. The molecule has 19 heavy (non-hydrogen) atoms. The summed E-state index contributed by atoms with van der Waals surface area (Å²) in [7, 11) is 0. The van der Waals surface area contributed by atoms with Crippen molar-refractivity contribution in [2.24, 2.45) is 5.92 Å². The number of allylic oxidation sites excluding steroid dienone is 1.